The van der Waals surface area contributed by atoms with E-state index in [9.17, 15) is 14.4 Å². The zero-order chi connectivity index (χ0) is 23.7. The number of fused-ring (bicyclic) bond motifs is 2. The summed E-state index contributed by atoms with van der Waals surface area (Å²) in [6.45, 7) is 3.37. The Kier molecular flexibility index (Phi) is 6.44. The smallest absolute Gasteiger partial charge is 0.340 e. The van der Waals surface area contributed by atoms with Crippen LogP contribution in [-0.2, 0) is 22.4 Å². The number of benzene rings is 2. The molecule has 4 aromatic rings. The number of halogens is 2. The second-order valence-electron chi connectivity index (χ2n) is 7.65. The van der Waals surface area contributed by atoms with Crippen LogP contribution in [0.3, 0.4) is 0 Å². The first-order valence-electron chi connectivity index (χ1n) is 10.2. The molecule has 33 heavy (non-hydrogen) atoms. The highest BCUT2D eigenvalue weighted by atomic mass is 35.5. The number of rotatable bonds is 6. The molecule has 0 saturated heterocycles. The number of carbonyl (C=O) groups excluding carboxylic acids is 2. The number of aromatic amines is 1. The minimum atomic E-state index is -0.627. The van der Waals surface area contributed by atoms with Gasteiger partial charge in [-0.3, -0.25) is 9.59 Å². The van der Waals surface area contributed by atoms with Crippen molar-refractivity contribution in [3.8, 4) is 5.75 Å². The maximum Gasteiger partial charge on any atom is 0.340 e. The molecule has 0 atom stereocenters. The third kappa shape index (κ3) is 4.89. The van der Waals surface area contributed by atoms with Gasteiger partial charge in [-0.1, -0.05) is 23.2 Å². The van der Waals surface area contributed by atoms with Gasteiger partial charge in [-0.25, -0.2) is 4.79 Å². The molecule has 1 amide bonds. The normalized spacial score (nSPS) is 11.2. The van der Waals surface area contributed by atoms with E-state index in [0.29, 0.717) is 28.9 Å². The molecule has 0 saturated carbocycles. The molecule has 0 unspecified atom stereocenters. The topological polar surface area (TPSA) is 101 Å². The van der Waals surface area contributed by atoms with Gasteiger partial charge in [0.15, 0.2) is 5.75 Å². The highest BCUT2D eigenvalue weighted by molar-refractivity contribution is 6.33. The number of hydrogen-bond acceptors (Lipinski definition) is 5. The zero-order valence-electron chi connectivity index (χ0n) is 17.9. The summed E-state index contributed by atoms with van der Waals surface area (Å²) >= 11 is 12.3. The fraction of sp³-hybridized carbons (Fsp3) is 0.208. The molecule has 2 heterocycles. The van der Waals surface area contributed by atoms with Crippen LogP contribution in [0.1, 0.15) is 23.6 Å². The molecule has 170 valence electrons. The average molecular weight is 487 g/mol. The van der Waals surface area contributed by atoms with Crippen LogP contribution in [0.15, 0.2) is 45.7 Å². The molecule has 0 aliphatic rings. The van der Waals surface area contributed by atoms with Crippen LogP contribution in [0.5, 0.6) is 5.75 Å². The van der Waals surface area contributed by atoms with Crippen LogP contribution >= 0.6 is 23.2 Å². The van der Waals surface area contributed by atoms with Gasteiger partial charge in [0.1, 0.15) is 5.58 Å². The van der Waals surface area contributed by atoms with Crippen LogP contribution < -0.4 is 15.7 Å². The van der Waals surface area contributed by atoms with Crippen molar-refractivity contribution in [3.05, 3.63) is 73.7 Å². The monoisotopic (exact) mass is 486 g/mol. The second kappa shape index (κ2) is 9.29. The number of aromatic nitrogens is 1. The van der Waals surface area contributed by atoms with Crippen molar-refractivity contribution in [3.63, 3.8) is 0 Å². The van der Waals surface area contributed by atoms with Crippen LogP contribution in [0.25, 0.3) is 21.9 Å². The molecule has 2 aromatic carbocycles. The number of amides is 1. The molecular weight excluding hydrogens is 467 g/mol. The molecule has 0 aliphatic carbocycles. The van der Waals surface area contributed by atoms with Crippen LogP contribution in [0.4, 0.5) is 0 Å². The van der Waals surface area contributed by atoms with Crippen LogP contribution in [0, 0.1) is 6.92 Å². The summed E-state index contributed by atoms with van der Waals surface area (Å²) in [4.78, 5) is 39.5. The molecule has 0 bridgehead atoms. The van der Waals surface area contributed by atoms with E-state index in [2.05, 4.69) is 10.3 Å². The largest absolute Gasteiger partial charge is 0.425 e. The predicted octanol–water partition coefficient (Wildman–Crippen LogP) is 4.72. The molecular formula is C24H20Cl2N2O5. The van der Waals surface area contributed by atoms with Crippen molar-refractivity contribution in [1.29, 1.82) is 0 Å². The predicted molar refractivity (Wildman–Crippen MR) is 127 cm³/mol. The van der Waals surface area contributed by atoms with Gasteiger partial charge in [-0.2, -0.15) is 0 Å². The third-order valence-corrected chi connectivity index (χ3v) is 5.91. The lowest BCUT2D eigenvalue weighted by atomic mass is 10.0. The van der Waals surface area contributed by atoms with Gasteiger partial charge in [0.25, 0.3) is 0 Å². The molecule has 0 radical (unpaired) electrons. The first-order valence-corrected chi connectivity index (χ1v) is 10.9. The van der Waals surface area contributed by atoms with E-state index >= 15 is 0 Å². The van der Waals surface area contributed by atoms with Crippen LogP contribution in [0.2, 0.25) is 10.0 Å². The first-order chi connectivity index (χ1) is 15.7. The molecule has 0 fully saturated rings. The lowest BCUT2D eigenvalue weighted by Crippen LogP contribution is -2.29. The van der Waals surface area contributed by atoms with Gasteiger partial charge in [-0.15, -0.1) is 0 Å². The summed E-state index contributed by atoms with van der Waals surface area (Å²) in [5.41, 5.74) is 2.43. The number of ether oxygens (including phenoxy) is 1. The van der Waals surface area contributed by atoms with Gasteiger partial charge in [-0.05, 0) is 48.7 Å². The van der Waals surface area contributed by atoms with Crippen molar-refractivity contribution >= 4 is 57.0 Å². The lowest BCUT2D eigenvalue weighted by Gasteiger charge is -2.11. The Bertz CT molecular complexity index is 1460. The third-order valence-electron chi connectivity index (χ3n) is 5.38. The fourth-order valence-corrected chi connectivity index (χ4v) is 4.12. The number of nitrogens with one attached hydrogen (secondary N) is 2. The Hall–Kier alpha value is -3.29. The molecule has 0 aliphatic heterocycles. The SMILES string of the molecule is CC(=O)Oc1cc2oc(=O)c(CC(=O)NCCc3c[nH]c4ccc(Cl)cc34)c(C)c2cc1Cl. The Labute approximate surface area is 198 Å². The Morgan fingerprint density at radius 3 is 2.70 bits per heavy atom. The Morgan fingerprint density at radius 1 is 1.15 bits per heavy atom. The second-order valence-corrected chi connectivity index (χ2v) is 8.49. The van der Waals surface area contributed by atoms with Crippen LogP contribution in [-0.4, -0.2) is 23.4 Å². The number of hydrogen-bond donors (Lipinski definition) is 2. The summed E-state index contributed by atoms with van der Waals surface area (Å²) in [6.07, 6.45) is 2.36. The highest BCUT2D eigenvalue weighted by Crippen LogP contribution is 2.32. The van der Waals surface area contributed by atoms with E-state index < -0.39 is 11.6 Å². The number of aryl methyl sites for hydroxylation is 1. The number of H-pyrrole nitrogens is 1. The highest BCUT2D eigenvalue weighted by Gasteiger charge is 2.17. The van der Waals surface area contributed by atoms with Crippen molar-refractivity contribution in [1.82, 2.24) is 10.3 Å². The van der Waals surface area contributed by atoms with E-state index in [1.54, 1.807) is 13.0 Å². The standard InChI is InChI=1S/C24H20Cl2N2O5/c1-12-16-8-19(26)22(32-13(2)29)10-21(16)33-24(31)17(12)9-23(30)27-6-5-14-11-28-20-4-3-15(25)7-18(14)20/h3-4,7-8,10-11,28H,5-6,9H2,1-2H3,(H,27,30). The average Bonchev–Trinajstić information content (AvgIpc) is 3.14. The van der Waals surface area contributed by atoms with Gasteiger partial charge in [0, 0.05) is 47.0 Å². The van der Waals surface area contributed by atoms with Crippen molar-refractivity contribution in [2.45, 2.75) is 26.7 Å². The maximum atomic E-state index is 12.5. The summed E-state index contributed by atoms with van der Waals surface area (Å²) in [5.74, 6) is -0.743. The van der Waals surface area contributed by atoms with E-state index in [4.69, 9.17) is 32.4 Å². The first kappa shape index (κ1) is 22.9. The van der Waals surface area contributed by atoms with Gasteiger partial charge in [0.05, 0.1) is 17.0 Å². The molecule has 9 heteroatoms. The summed E-state index contributed by atoms with van der Waals surface area (Å²) < 4.78 is 10.4. The molecule has 4 rings (SSSR count). The maximum absolute atomic E-state index is 12.5. The Morgan fingerprint density at radius 2 is 1.94 bits per heavy atom. The van der Waals surface area contributed by atoms with Gasteiger partial charge < -0.3 is 19.5 Å². The van der Waals surface area contributed by atoms with Gasteiger partial charge >= 0.3 is 11.6 Å². The minimum Gasteiger partial charge on any atom is -0.425 e. The molecule has 0 spiro atoms. The summed E-state index contributed by atoms with van der Waals surface area (Å²) in [5, 5.41) is 5.26. The number of esters is 1. The lowest BCUT2D eigenvalue weighted by molar-refractivity contribution is -0.131. The van der Waals surface area contributed by atoms with Crippen molar-refractivity contribution < 1.29 is 18.7 Å². The summed E-state index contributed by atoms with van der Waals surface area (Å²) in [6, 6.07) is 8.55. The fourth-order valence-electron chi connectivity index (χ4n) is 3.74. The molecule has 2 N–H and O–H groups in total. The number of carbonyl (C=O) groups is 2. The van der Waals surface area contributed by atoms with Crippen molar-refractivity contribution in [2.24, 2.45) is 0 Å². The van der Waals surface area contributed by atoms with E-state index in [1.807, 2.05) is 24.4 Å². The van der Waals surface area contributed by atoms with E-state index in [1.165, 1.54) is 13.0 Å². The quantitative estimate of drug-likeness (QED) is 0.233. The summed E-state index contributed by atoms with van der Waals surface area (Å²) in [7, 11) is 0. The zero-order valence-corrected chi connectivity index (χ0v) is 19.4. The Balaban J connectivity index is 1.48. The van der Waals surface area contributed by atoms with Gasteiger partial charge in [0.2, 0.25) is 5.91 Å². The van der Waals surface area contributed by atoms with E-state index in [0.717, 1.165) is 16.5 Å². The van der Waals surface area contributed by atoms with E-state index in [-0.39, 0.29) is 34.2 Å². The van der Waals surface area contributed by atoms with Crippen molar-refractivity contribution in [2.75, 3.05) is 6.54 Å². The molecule has 7 nitrogen and oxygen atoms in total. The molecule has 2 aromatic heterocycles. The minimum absolute atomic E-state index is 0.100.